The fraction of sp³-hybridized carbons (Fsp3) is 0.212. The summed E-state index contributed by atoms with van der Waals surface area (Å²) in [4.78, 5) is 29.8. The Bertz CT molecular complexity index is 1410. The Kier molecular flexibility index (Phi) is 11.1. The number of allylic oxidation sites excluding steroid dienone is 6. The third-order valence-corrected chi connectivity index (χ3v) is 7.29. The molecule has 6 nitrogen and oxygen atoms in total. The molecule has 1 aliphatic rings. The standard InChI is InChI=1S/C33H34FN2O4P/c34-29-12-7-13-31(41)32(29)36-33(38)35-27-20-18-25(19-21-27)24-14-16-26(17-15-24)30(37)22-28(40-39)11-6-10-23-8-4-2-1-3-5-9-23/h1-2,5,7-9,12-21,28,39H,3-4,6,10-11,22,41H2,(H2,35,36,38)/b2-1-,9-5?,23-8+. The van der Waals surface area contributed by atoms with E-state index < -0.39 is 18.0 Å². The SMILES string of the molecule is O=C(Nc1ccc(-c2ccc(C(=O)CC(CCC/C3=C/C/C=C\CC=C3)OO)cc2)cc1)Nc1c(F)cccc1P. The minimum atomic E-state index is -0.557. The number of ketones is 1. The first-order valence-electron chi connectivity index (χ1n) is 13.6. The van der Waals surface area contributed by atoms with E-state index in [0.29, 0.717) is 23.0 Å². The molecule has 0 aromatic heterocycles. The van der Waals surface area contributed by atoms with Crippen molar-refractivity contribution in [1.82, 2.24) is 0 Å². The molecule has 0 radical (unpaired) electrons. The summed E-state index contributed by atoms with van der Waals surface area (Å²) in [6.07, 6.45) is 14.4. The molecule has 3 aromatic carbocycles. The zero-order chi connectivity index (χ0) is 29.0. The van der Waals surface area contributed by atoms with Crippen LogP contribution in [0.15, 0.2) is 103 Å². The molecule has 0 saturated heterocycles. The van der Waals surface area contributed by atoms with E-state index in [1.165, 1.54) is 11.6 Å². The first kappa shape index (κ1) is 30.1. The summed E-state index contributed by atoms with van der Waals surface area (Å²) in [6.45, 7) is 0. The van der Waals surface area contributed by atoms with Gasteiger partial charge in [0.2, 0.25) is 0 Å². The van der Waals surface area contributed by atoms with Gasteiger partial charge in [-0.05, 0) is 66.7 Å². The molecule has 0 fully saturated rings. The molecule has 0 saturated carbocycles. The van der Waals surface area contributed by atoms with Crippen LogP contribution in [0.25, 0.3) is 11.1 Å². The molecule has 8 heteroatoms. The molecule has 2 atom stereocenters. The topological polar surface area (TPSA) is 87.7 Å². The van der Waals surface area contributed by atoms with Crippen molar-refractivity contribution in [2.45, 2.75) is 44.6 Å². The lowest BCUT2D eigenvalue weighted by Gasteiger charge is -2.13. The van der Waals surface area contributed by atoms with E-state index in [1.807, 2.05) is 24.3 Å². The van der Waals surface area contributed by atoms with Crippen LogP contribution in [0.3, 0.4) is 0 Å². The molecule has 212 valence electrons. The van der Waals surface area contributed by atoms with Crippen molar-refractivity contribution < 1.29 is 24.1 Å². The first-order chi connectivity index (χ1) is 19.9. The first-order valence-corrected chi connectivity index (χ1v) is 14.2. The largest absolute Gasteiger partial charge is 0.323 e. The zero-order valence-corrected chi connectivity index (χ0v) is 23.8. The van der Waals surface area contributed by atoms with Crippen LogP contribution in [0.1, 0.15) is 48.9 Å². The third-order valence-electron chi connectivity index (χ3n) is 6.81. The van der Waals surface area contributed by atoms with Crippen molar-refractivity contribution in [1.29, 1.82) is 0 Å². The van der Waals surface area contributed by atoms with Gasteiger partial charge in [0.15, 0.2) is 5.78 Å². The molecule has 0 aliphatic heterocycles. The molecule has 4 rings (SSSR count). The zero-order valence-electron chi connectivity index (χ0n) is 22.7. The lowest BCUT2D eigenvalue weighted by atomic mass is 9.97. The Labute approximate surface area is 242 Å². The van der Waals surface area contributed by atoms with Gasteiger partial charge < -0.3 is 10.6 Å². The van der Waals surface area contributed by atoms with Gasteiger partial charge >= 0.3 is 6.03 Å². The number of Topliss-reactive ketones (excluding diaryl/α,β-unsaturated/α-hetero) is 1. The van der Waals surface area contributed by atoms with Crippen LogP contribution in [0.2, 0.25) is 0 Å². The fourth-order valence-electron chi connectivity index (χ4n) is 4.56. The van der Waals surface area contributed by atoms with E-state index in [4.69, 9.17) is 0 Å². The lowest BCUT2D eigenvalue weighted by molar-refractivity contribution is -0.278. The Morgan fingerprint density at radius 1 is 0.927 bits per heavy atom. The quantitative estimate of drug-likeness (QED) is 0.0713. The Morgan fingerprint density at radius 2 is 1.63 bits per heavy atom. The van der Waals surface area contributed by atoms with E-state index in [1.54, 1.807) is 36.4 Å². The van der Waals surface area contributed by atoms with Gasteiger partial charge in [-0.1, -0.05) is 84.5 Å². The second kappa shape index (κ2) is 15.2. The summed E-state index contributed by atoms with van der Waals surface area (Å²) in [5, 5.41) is 15.1. The molecule has 3 aromatic rings. The van der Waals surface area contributed by atoms with Gasteiger partial charge in [-0.25, -0.2) is 14.1 Å². The van der Waals surface area contributed by atoms with E-state index in [2.05, 4.69) is 55.1 Å². The van der Waals surface area contributed by atoms with Crippen LogP contribution in [0.5, 0.6) is 0 Å². The monoisotopic (exact) mass is 572 g/mol. The van der Waals surface area contributed by atoms with Crippen LogP contribution in [0.4, 0.5) is 20.6 Å². The van der Waals surface area contributed by atoms with Crippen LogP contribution in [-0.2, 0) is 4.89 Å². The van der Waals surface area contributed by atoms with Gasteiger partial charge in [-0.3, -0.25) is 10.1 Å². The molecular weight excluding hydrogens is 538 g/mol. The van der Waals surface area contributed by atoms with Gasteiger partial charge in [0.05, 0.1) is 11.8 Å². The molecule has 2 amide bonds. The molecule has 0 spiro atoms. The minimum Gasteiger partial charge on any atom is -0.308 e. The highest BCUT2D eigenvalue weighted by Crippen LogP contribution is 2.24. The molecular formula is C33H34FN2O4P. The highest BCUT2D eigenvalue weighted by atomic mass is 31.0. The van der Waals surface area contributed by atoms with Crippen molar-refractivity contribution in [3.8, 4) is 11.1 Å². The predicted octanol–water partition coefficient (Wildman–Crippen LogP) is 8.07. The van der Waals surface area contributed by atoms with Gasteiger partial charge in [-0.15, -0.1) is 9.24 Å². The summed E-state index contributed by atoms with van der Waals surface area (Å²) in [6, 6.07) is 18.4. The van der Waals surface area contributed by atoms with E-state index >= 15 is 0 Å². The van der Waals surface area contributed by atoms with Crippen molar-refractivity contribution >= 4 is 37.7 Å². The number of halogens is 1. The number of urea groups is 1. The van der Waals surface area contributed by atoms with Crippen molar-refractivity contribution in [3.05, 3.63) is 114 Å². The maximum absolute atomic E-state index is 14.0. The average molecular weight is 573 g/mol. The number of hydrogen-bond donors (Lipinski definition) is 3. The predicted molar refractivity (Wildman–Crippen MR) is 166 cm³/mol. The van der Waals surface area contributed by atoms with Crippen LogP contribution < -0.4 is 15.9 Å². The van der Waals surface area contributed by atoms with E-state index in [-0.39, 0.29) is 17.9 Å². The molecule has 0 bridgehead atoms. The smallest absolute Gasteiger partial charge is 0.308 e. The molecule has 2 unspecified atom stereocenters. The Balaban J connectivity index is 1.28. The summed E-state index contributed by atoms with van der Waals surface area (Å²) in [5.41, 5.74) is 4.27. The van der Waals surface area contributed by atoms with Crippen molar-refractivity contribution in [2.75, 3.05) is 10.6 Å². The van der Waals surface area contributed by atoms with Gasteiger partial charge in [0, 0.05) is 17.7 Å². The van der Waals surface area contributed by atoms with E-state index in [9.17, 15) is 19.2 Å². The Hall–Kier alpha value is -3.90. The highest BCUT2D eigenvalue weighted by Gasteiger charge is 2.17. The van der Waals surface area contributed by atoms with Crippen LogP contribution in [0, 0.1) is 5.82 Å². The van der Waals surface area contributed by atoms with Gasteiger partial charge in [-0.2, -0.15) is 0 Å². The normalized spacial score (nSPS) is 15.6. The van der Waals surface area contributed by atoms with Gasteiger partial charge in [0.25, 0.3) is 0 Å². The summed E-state index contributed by atoms with van der Waals surface area (Å²) in [5.74, 6) is -0.613. The maximum Gasteiger partial charge on any atom is 0.323 e. The summed E-state index contributed by atoms with van der Waals surface area (Å²) < 4.78 is 14.0. The number of para-hydroxylation sites is 1. The van der Waals surface area contributed by atoms with Crippen LogP contribution in [-0.4, -0.2) is 23.2 Å². The number of carbonyl (C=O) groups is 2. The number of amides is 2. The second-order valence-electron chi connectivity index (χ2n) is 9.81. The van der Waals surface area contributed by atoms with Crippen molar-refractivity contribution in [3.63, 3.8) is 0 Å². The fourth-order valence-corrected chi connectivity index (χ4v) is 4.88. The minimum absolute atomic E-state index is 0.0974. The summed E-state index contributed by atoms with van der Waals surface area (Å²) >= 11 is 0. The highest BCUT2D eigenvalue weighted by molar-refractivity contribution is 7.28. The number of benzene rings is 3. The molecule has 0 heterocycles. The molecule has 1 aliphatic carbocycles. The second-order valence-corrected chi connectivity index (χ2v) is 10.4. The van der Waals surface area contributed by atoms with Crippen LogP contribution >= 0.6 is 9.24 Å². The Morgan fingerprint density at radius 3 is 2.34 bits per heavy atom. The van der Waals surface area contributed by atoms with Gasteiger partial charge in [0.1, 0.15) is 5.82 Å². The number of rotatable bonds is 11. The number of nitrogens with one attached hydrogen (secondary N) is 2. The lowest BCUT2D eigenvalue weighted by Crippen LogP contribution is -2.22. The maximum atomic E-state index is 14.0. The third kappa shape index (κ3) is 9.05. The molecule has 3 N–H and O–H groups in total. The number of carbonyl (C=O) groups excluding carboxylic acids is 2. The average Bonchev–Trinajstić information content (AvgIpc) is 2.96. The number of anilines is 2. The number of hydrogen-bond acceptors (Lipinski definition) is 4. The van der Waals surface area contributed by atoms with E-state index in [0.717, 1.165) is 36.8 Å². The van der Waals surface area contributed by atoms with Crippen molar-refractivity contribution in [2.24, 2.45) is 0 Å². The molecule has 41 heavy (non-hydrogen) atoms. The summed E-state index contributed by atoms with van der Waals surface area (Å²) in [7, 11) is 2.39.